The maximum Gasteiger partial charge on any atom is 0.250 e. The van der Waals surface area contributed by atoms with Crippen LogP contribution in [0.25, 0.3) is 17.5 Å². The fraction of sp³-hybridized carbons (Fsp3) is 0.385. The van der Waals surface area contributed by atoms with Crippen LogP contribution in [-0.2, 0) is 0 Å². The van der Waals surface area contributed by atoms with Crippen molar-refractivity contribution in [2.24, 2.45) is 11.8 Å². The Hall–Kier alpha value is -2.43. The minimum Gasteiger partial charge on any atom is -0.334 e. The normalized spacial score (nSPS) is 20.4. The number of nitrogens with zero attached hydrogens (tertiary/aromatic N) is 3. The summed E-state index contributed by atoms with van der Waals surface area (Å²) in [6, 6.07) is 16.9. The minimum atomic E-state index is 0.426. The lowest BCUT2D eigenvalue weighted by atomic mass is 9.76. The van der Waals surface area contributed by atoms with E-state index in [1.54, 1.807) is 0 Å². The molecule has 0 saturated heterocycles. The number of aryl methyl sites for hydroxylation is 1. The molecule has 0 aliphatic heterocycles. The van der Waals surface area contributed by atoms with Crippen molar-refractivity contribution in [2.75, 3.05) is 14.1 Å². The van der Waals surface area contributed by atoms with Crippen molar-refractivity contribution in [2.45, 2.75) is 38.6 Å². The minimum absolute atomic E-state index is 0.426. The van der Waals surface area contributed by atoms with E-state index in [-0.39, 0.29) is 0 Å². The Kier molecular flexibility index (Phi) is 6.89. The van der Waals surface area contributed by atoms with Gasteiger partial charge in [-0.1, -0.05) is 64.8 Å². The topological polar surface area (TPSA) is 42.2 Å². The molecule has 0 N–H and O–H groups in total. The van der Waals surface area contributed by atoms with E-state index in [2.05, 4.69) is 66.4 Å². The molecule has 0 spiro atoms. The van der Waals surface area contributed by atoms with Crippen molar-refractivity contribution >= 4 is 17.7 Å². The van der Waals surface area contributed by atoms with Crippen LogP contribution in [0.4, 0.5) is 0 Å². The van der Waals surface area contributed by atoms with E-state index in [1.807, 2.05) is 30.3 Å². The number of aromatic nitrogens is 2. The van der Waals surface area contributed by atoms with Gasteiger partial charge in [-0.3, -0.25) is 0 Å². The highest BCUT2D eigenvalue weighted by Gasteiger charge is 2.29. The molecule has 0 radical (unpaired) electrons. The van der Waals surface area contributed by atoms with Gasteiger partial charge in [0.15, 0.2) is 0 Å². The summed E-state index contributed by atoms with van der Waals surface area (Å²) in [5.41, 5.74) is 3.55. The highest BCUT2D eigenvalue weighted by molar-refractivity contribution is 6.30. The lowest BCUT2D eigenvalue weighted by Crippen LogP contribution is -2.30. The molecule has 1 atom stereocenters. The van der Waals surface area contributed by atoms with Crippen LogP contribution in [0.2, 0.25) is 5.02 Å². The molecule has 1 saturated carbocycles. The van der Waals surface area contributed by atoms with Crippen molar-refractivity contribution in [3.05, 3.63) is 76.6 Å². The van der Waals surface area contributed by atoms with E-state index < -0.39 is 0 Å². The van der Waals surface area contributed by atoms with Crippen LogP contribution < -0.4 is 0 Å². The molecular formula is C26H30ClN3O. The van der Waals surface area contributed by atoms with E-state index in [1.165, 1.54) is 36.8 Å². The van der Waals surface area contributed by atoms with E-state index in [0.29, 0.717) is 29.6 Å². The molecule has 31 heavy (non-hydrogen) atoms. The molecule has 162 valence electrons. The monoisotopic (exact) mass is 435 g/mol. The van der Waals surface area contributed by atoms with Crippen LogP contribution in [-0.4, -0.2) is 29.1 Å². The molecule has 1 aromatic heterocycles. The summed E-state index contributed by atoms with van der Waals surface area (Å²) < 4.78 is 5.43. The Labute approximate surface area is 189 Å². The summed E-state index contributed by atoms with van der Waals surface area (Å²) in [5.74, 6) is 2.42. The van der Waals surface area contributed by atoms with E-state index >= 15 is 0 Å². The summed E-state index contributed by atoms with van der Waals surface area (Å²) in [6.07, 6.45) is 9.00. The number of allylic oxidation sites excluding steroid dienone is 1. The summed E-state index contributed by atoms with van der Waals surface area (Å²) in [4.78, 5) is 6.87. The predicted molar refractivity (Wildman–Crippen MR) is 127 cm³/mol. The maximum absolute atomic E-state index is 6.09. The summed E-state index contributed by atoms with van der Waals surface area (Å²) in [7, 11) is 4.35. The zero-order valence-electron chi connectivity index (χ0n) is 18.5. The second kappa shape index (κ2) is 9.80. The molecule has 2 aromatic carbocycles. The molecule has 1 aliphatic carbocycles. The van der Waals surface area contributed by atoms with E-state index in [4.69, 9.17) is 16.1 Å². The van der Waals surface area contributed by atoms with Gasteiger partial charge < -0.3 is 9.42 Å². The van der Waals surface area contributed by atoms with E-state index in [9.17, 15) is 0 Å². The van der Waals surface area contributed by atoms with Gasteiger partial charge in [0, 0.05) is 16.6 Å². The van der Waals surface area contributed by atoms with Crippen LogP contribution in [0, 0.1) is 18.8 Å². The van der Waals surface area contributed by atoms with Crippen LogP contribution in [0.15, 0.2) is 59.1 Å². The van der Waals surface area contributed by atoms with Gasteiger partial charge in [0.2, 0.25) is 5.82 Å². The standard InChI is InChI=1S/C26H30ClN3O/c1-18-4-9-22(10-5-18)26-28-24(31-29-26)17-8-19-6-11-20(12-7-19)25(30(2)3)21-13-15-23(27)16-14-21/h4-5,8-10,13-17,19-20,25H,6-7,11-12H2,1-3H3/b17-8+. The smallest absolute Gasteiger partial charge is 0.250 e. The third kappa shape index (κ3) is 5.44. The molecular weight excluding hydrogens is 406 g/mol. The van der Waals surface area contributed by atoms with Gasteiger partial charge in [-0.15, -0.1) is 0 Å². The largest absolute Gasteiger partial charge is 0.334 e. The van der Waals surface area contributed by atoms with Crippen molar-refractivity contribution < 1.29 is 4.52 Å². The van der Waals surface area contributed by atoms with Crippen molar-refractivity contribution in [1.82, 2.24) is 15.0 Å². The SMILES string of the molecule is Cc1ccc(-c2noc(/C=C/C3CCC(C(c4ccc(Cl)cc4)N(C)C)CC3)n2)cc1. The zero-order chi connectivity index (χ0) is 21.8. The maximum atomic E-state index is 6.09. The number of hydrogen-bond acceptors (Lipinski definition) is 4. The van der Waals surface area contributed by atoms with Crippen LogP contribution >= 0.6 is 11.6 Å². The van der Waals surface area contributed by atoms with Crippen LogP contribution in [0.5, 0.6) is 0 Å². The van der Waals surface area contributed by atoms with Gasteiger partial charge in [-0.05, 0) is 82.3 Å². The van der Waals surface area contributed by atoms with Gasteiger partial charge in [-0.25, -0.2) is 0 Å². The summed E-state index contributed by atoms with van der Waals surface area (Å²) in [5, 5.41) is 4.92. The van der Waals surface area contributed by atoms with Crippen molar-refractivity contribution in [3.63, 3.8) is 0 Å². The highest BCUT2D eigenvalue weighted by atomic mass is 35.5. The van der Waals surface area contributed by atoms with Crippen LogP contribution in [0.3, 0.4) is 0 Å². The van der Waals surface area contributed by atoms with Gasteiger partial charge in [0.25, 0.3) is 5.89 Å². The van der Waals surface area contributed by atoms with E-state index in [0.717, 1.165) is 10.6 Å². The first-order valence-corrected chi connectivity index (χ1v) is 11.4. The Morgan fingerprint density at radius 3 is 2.32 bits per heavy atom. The van der Waals surface area contributed by atoms with Crippen molar-refractivity contribution in [1.29, 1.82) is 0 Å². The quantitative estimate of drug-likeness (QED) is 0.426. The number of benzene rings is 2. The Morgan fingerprint density at radius 2 is 1.68 bits per heavy atom. The molecule has 1 heterocycles. The molecule has 5 heteroatoms. The third-order valence-electron chi connectivity index (χ3n) is 6.29. The molecule has 0 bridgehead atoms. The molecule has 0 amide bonds. The fourth-order valence-corrected chi connectivity index (χ4v) is 4.77. The molecule has 4 nitrogen and oxygen atoms in total. The summed E-state index contributed by atoms with van der Waals surface area (Å²) in [6.45, 7) is 2.07. The second-order valence-electron chi connectivity index (χ2n) is 8.82. The van der Waals surface area contributed by atoms with Gasteiger partial charge in [-0.2, -0.15) is 4.98 Å². The van der Waals surface area contributed by atoms with Gasteiger partial charge in [0.05, 0.1) is 0 Å². The molecule has 3 aromatic rings. The number of halogens is 1. The summed E-state index contributed by atoms with van der Waals surface area (Å²) >= 11 is 6.09. The lowest BCUT2D eigenvalue weighted by molar-refractivity contribution is 0.159. The second-order valence-corrected chi connectivity index (χ2v) is 9.25. The number of rotatable bonds is 6. The van der Waals surface area contributed by atoms with Gasteiger partial charge >= 0.3 is 0 Å². The number of hydrogen-bond donors (Lipinski definition) is 0. The predicted octanol–water partition coefficient (Wildman–Crippen LogP) is 6.82. The van der Waals surface area contributed by atoms with Gasteiger partial charge in [0.1, 0.15) is 0 Å². The Balaban J connectivity index is 1.36. The average molecular weight is 436 g/mol. The Morgan fingerprint density at radius 1 is 1.00 bits per heavy atom. The molecule has 1 fully saturated rings. The highest BCUT2D eigenvalue weighted by Crippen LogP contribution is 2.40. The fourth-order valence-electron chi connectivity index (χ4n) is 4.65. The first kappa shape index (κ1) is 21.8. The van der Waals surface area contributed by atoms with Crippen LogP contribution in [0.1, 0.15) is 48.7 Å². The molecule has 1 aliphatic rings. The molecule has 1 unspecified atom stereocenters. The average Bonchev–Trinajstić information content (AvgIpc) is 3.24. The first-order valence-electron chi connectivity index (χ1n) is 11.0. The lowest BCUT2D eigenvalue weighted by Gasteiger charge is -2.37. The third-order valence-corrected chi connectivity index (χ3v) is 6.55. The first-order chi connectivity index (χ1) is 15.0. The molecule has 4 rings (SSSR count). The van der Waals surface area contributed by atoms with Crippen molar-refractivity contribution in [3.8, 4) is 11.4 Å². The zero-order valence-corrected chi connectivity index (χ0v) is 19.2. The Bertz CT molecular complexity index is 1000.